The number of rotatable bonds is 9. The molecule has 0 fully saturated rings. The van der Waals surface area contributed by atoms with Gasteiger partial charge in [0, 0.05) is 45.6 Å². The fraction of sp³-hybridized carbons (Fsp3) is 0.169. The molecule has 0 bridgehead atoms. The van der Waals surface area contributed by atoms with Crippen LogP contribution < -0.4 is 0 Å². The third-order valence-corrected chi connectivity index (χ3v) is 13.2. The van der Waals surface area contributed by atoms with Gasteiger partial charge in [0.05, 0.1) is 16.6 Å². The Morgan fingerprint density at radius 1 is 0.529 bits per heavy atom. The maximum absolute atomic E-state index is 12.5. The Kier molecular flexibility index (Phi) is 12.9. The van der Waals surface area contributed by atoms with Gasteiger partial charge in [-0.25, -0.2) is 4.98 Å². The van der Waals surface area contributed by atoms with Crippen molar-refractivity contribution in [1.29, 1.82) is 0 Å². The molecule has 0 radical (unpaired) electrons. The minimum atomic E-state index is -0.934. The average Bonchev–Trinajstić information content (AvgIpc) is 3.76. The molecule has 4 nitrogen and oxygen atoms in total. The summed E-state index contributed by atoms with van der Waals surface area (Å²) in [5.41, 5.74) is 17.5. The van der Waals surface area contributed by atoms with Gasteiger partial charge in [0.15, 0.2) is 0 Å². The van der Waals surface area contributed by atoms with Crippen molar-refractivity contribution >= 4 is 11.0 Å². The molecule has 0 aliphatic carbocycles. The Bertz CT molecular complexity index is 3530. The van der Waals surface area contributed by atoms with Gasteiger partial charge in [-0.3, -0.25) is 9.55 Å². The summed E-state index contributed by atoms with van der Waals surface area (Å²) in [6.07, 6.45) is 1.88. The number of imidazole rings is 1. The summed E-state index contributed by atoms with van der Waals surface area (Å²) in [6.45, 7) is 16.9. The first-order valence-electron chi connectivity index (χ1n) is 24.4. The van der Waals surface area contributed by atoms with E-state index in [9.17, 15) is 6.48 Å². The number of benzene rings is 8. The molecule has 0 saturated carbocycles. The van der Waals surface area contributed by atoms with Crippen molar-refractivity contribution in [2.24, 2.45) is 0 Å². The number of pyridine rings is 1. The van der Waals surface area contributed by atoms with Gasteiger partial charge in [-0.2, -0.15) is 0 Å². The molecule has 2 aromatic heterocycles. The van der Waals surface area contributed by atoms with Gasteiger partial charge in [0.1, 0.15) is 11.6 Å². The molecule has 0 aliphatic rings. The second-order valence-electron chi connectivity index (χ2n) is 20.4. The van der Waals surface area contributed by atoms with E-state index < -0.39 is 5.89 Å². The largest absolute Gasteiger partial charge is 0.507 e. The van der Waals surface area contributed by atoms with Crippen LogP contribution in [0.25, 0.3) is 95.0 Å². The smallest absolute Gasteiger partial charge is 0.148 e. The van der Waals surface area contributed by atoms with E-state index in [2.05, 4.69) is 210 Å². The summed E-state index contributed by atoms with van der Waals surface area (Å²) < 4.78 is 11.6. The Balaban J connectivity index is 0.00000624. The van der Waals surface area contributed by atoms with Gasteiger partial charge < -0.3 is 5.11 Å². The minimum absolute atomic E-state index is 0. The number of hydrogen-bond donors (Lipinski definition) is 1. The van der Waals surface area contributed by atoms with Crippen molar-refractivity contribution in [3.05, 3.63) is 217 Å². The van der Waals surface area contributed by atoms with E-state index in [0.717, 1.165) is 89.2 Å². The molecule has 2 heterocycles. The monoisotopic (exact) mass is 1090 g/mol. The zero-order valence-corrected chi connectivity index (χ0v) is 43.4. The number of para-hydroxylation sites is 1. The Hall–Kier alpha value is -7.13. The molecule has 0 atom stereocenters. The van der Waals surface area contributed by atoms with Crippen molar-refractivity contribution in [1.82, 2.24) is 14.5 Å². The van der Waals surface area contributed by atoms with Crippen LogP contribution in [-0.2, 0) is 31.9 Å². The number of phenols is 1. The molecular formula is C65H58N3OPt-. The van der Waals surface area contributed by atoms with Crippen LogP contribution >= 0.6 is 0 Å². The van der Waals surface area contributed by atoms with Gasteiger partial charge in [-0.15, -0.1) is 23.8 Å². The molecule has 0 aliphatic heterocycles. The van der Waals surface area contributed by atoms with Crippen LogP contribution in [0, 0.1) is 6.07 Å². The molecular weight excluding hydrogens is 1030 g/mol. The van der Waals surface area contributed by atoms with Crippen LogP contribution in [0.1, 0.15) is 79.3 Å². The predicted octanol–water partition coefficient (Wildman–Crippen LogP) is 17.3. The first kappa shape index (κ1) is 46.6. The van der Waals surface area contributed by atoms with Gasteiger partial charge in [-0.1, -0.05) is 218 Å². The van der Waals surface area contributed by atoms with E-state index in [1.54, 1.807) is 0 Å². The van der Waals surface area contributed by atoms with Gasteiger partial charge in [-0.05, 0) is 97.1 Å². The van der Waals surface area contributed by atoms with Crippen LogP contribution in [-0.4, -0.2) is 19.6 Å². The molecule has 0 amide bonds. The minimum Gasteiger partial charge on any atom is -0.507 e. The maximum atomic E-state index is 12.5. The molecule has 0 saturated heterocycles. The number of aromatic hydroxyl groups is 1. The quantitative estimate of drug-likeness (QED) is 0.147. The zero-order chi connectivity index (χ0) is 49.0. The van der Waals surface area contributed by atoms with Crippen molar-refractivity contribution in [2.45, 2.75) is 72.1 Å². The van der Waals surface area contributed by atoms with Crippen molar-refractivity contribution in [3.63, 3.8) is 0 Å². The predicted molar refractivity (Wildman–Crippen MR) is 289 cm³/mol. The van der Waals surface area contributed by atoms with Crippen molar-refractivity contribution < 1.29 is 27.5 Å². The van der Waals surface area contributed by atoms with Crippen LogP contribution in [0.2, 0.25) is 0 Å². The first-order valence-corrected chi connectivity index (χ1v) is 23.9. The number of aromatic nitrogens is 3. The maximum Gasteiger partial charge on any atom is 0.148 e. The third-order valence-electron chi connectivity index (χ3n) is 13.2. The van der Waals surface area contributed by atoms with Crippen molar-refractivity contribution in [2.75, 3.05) is 0 Å². The molecule has 5 heteroatoms. The Morgan fingerprint density at radius 3 is 1.73 bits per heavy atom. The Morgan fingerprint density at radius 2 is 1.11 bits per heavy atom. The van der Waals surface area contributed by atoms with E-state index in [0.29, 0.717) is 11.4 Å². The van der Waals surface area contributed by atoms with Crippen molar-refractivity contribution in [3.8, 4) is 89.7 Å². The van der Waals surface area contributed by atoms with E-state index in [-0.39, 0.29) is 37.6 Å². The Labute approximate surface area is 429 Å². The summed E-state index contributed by atoms with van der Waals surface area (Å²) in [6, 6.07) is 69.3. The van der Waals surface area contributed by atoms with Crippen LogP contribution in [0.4, 0.5) is 0 Å². The summed E-state index contributed by atoms with van der Waals surface area (Å²) in [5, 5.41) is 12.5. The topological polar surface area (TPSA) is 50.9 Å². The van der Waals surface area contributed by atoms with E-state index in [1.807, 2.05) is 50.4 Å². The molecule has 8 aromatic carbocycles. The van der Waals surface area contributed by atoms with Crippen LogP contribution in [0.15, 0.2) is 194 Å². The molecule has 1 N–H and O–H groups in total. The second kappa shape index (κ2) is 19.3. The van der Waals surface area contributed by atoms with E-state index >= 15 is 0 Å². The normalized spacial score (nSPS) is 12.1. The molecule has 10 rings (SSSR count). The molecule has 350 valence electrons. The van der Waals surface area contributed by atoms with Gasteiger partial charge in [0.25, 0.3) is 0 Å². The SMILES string of the molecule is [2H]C(C)(C)c1cc(-n2c(-c3cc(C(C)(C)C)cc(C(C)(C)C)c3O)nc3c(-c4[c-]c(-c5cc(-c6ccc(-c7ccccc7)cc6)ccn5)cc(-c5ccccc5)c4)cccc32)ccc1-c1ccccc1.[Pt]. The summed E-state index contributed by atoms with van der Waals surface area (Å²) in [7, 11) is 0. The summed E-state index contributed by atoms with van der Waals surface area (Å²) in [5.74, 6) is -0.109. The number of fused-ring (bicyclic) bond motifs is 1. The zero-order valence-electron chi connectivity index (χ0n) is 42.1. The fourth-order valence-electron chi connectivity index (χ4n) is 9.42. The fourth-order valence-corrected chi connectivity index (χ4v) is 9.42. The second-order valence-corrected chi connectivity index (χ2v) is 20.4. The van der Waals surface area contributed by atoms with E-state index in [4.69, 9.17) is 9.97 Å². The van der Waals surface area contributed by atoms with Gasteiger partial charge in [0.2, 0.25) is 0 Å². The van der Waals surface area contributed by atoms with Gasteiger partial charge >= 0.3 is 0 Å². The molecule has 0 unspecified atom stereocenters. The van der Waals surface area contributed by atoms with Crippen LogP contribution in [0.3, 0.4) is 0 Å². The number of phenolic OH excluding ortho intramolecular Hbond substituents is 1. The van der Waals surface area contributed by atoms with E-state index in [1.165, 1.54) is 11.1 Å². The number of nitrogens with zero attached hydrogens (tertiary/aromatic N) is 3. The molecule has 70 heavy (non-hydrogen) atoms. The summed E-state index contributed by atoms with van der Waals surface area (Å²) in [4.78, 5) is 10.6. The van der Waals surface area contributed by atoms with Crippen LogP contribution in [0.5, 0.6) is 5.75 Å². The summed E-state index contributed by atoms with van der Waals surface area (Å²) >= 11 is 0. The average molecular weight is 1090 g/mol. The number of hydrogen-bond acceptors (Lipinski definition) is 3. The first-order chi connectivity index (χ1) is 33.5. The molecule has 10 aromatic rings. The molecule has 0 spiro atoms. The third kappa shape index (κ3) is 9.46. The standard InChI is InChI=1S/C65H58N3O.Pt/c1-42(2)56-41-53(31-32-54(56)47-23-16-11-17-24-47)68-60-26-18-25-55(61(60)67-63(68)57-39-52(64(3,4)5)40-58(62(57)69)65(6,7)8)50-35-49(44-21-14-10-15-22-44)36-51(37-50)59-38-48(33-34-66-59)46-29-27-45(28-30-46)43-19-12-9-13-20-43;/h9-36,38-42,69H,1-8H3;/q-1;/i42D;.